The third kappa shape index (κ3) is 5.13. The van der Waals surface area contributed by atoms with Crippen LogP contribution in [-0.4, -0.2) is 22.8 Å². The maximum absolute atomic E-state index is 13.0. The minimum atomic E-state index is -0.0436. The standard InChI is InChI=1S/C22H18ClN3OS/c1-26(14-18-10-11-21(23)25-13-18)22(27)19-4-2-3-5-20(19)28-15-17-8-6-16(12-24)7-9-17/h2-11,13H,14-15H2,1H3. The molecule has 2 aromatic carbocycles. The van der Waals surface area contributed by atoms with Gasteiger partial charge in [-0.2, -0.15) is 5.26 Å². The van der Waals surface area contributed by atoms with Crippen molar-refractivity contribution < 1.29 is 4.79 Å². The summed E-state index contributed by atoms with van der Waals surface area (Å²) in [5.74, 6) is 0.679. The second-order valence-corrected chi connectivity index (χ2v) is 7.65. The number of hydrogen-bond donors (Lipinski definition) is 0. The lowest BCUT2D eigenvalue weighted by Crippen LogP contribution is -2.26. The number of thioether (sulfide) groups is 1. The summed E-state index contributed by atoms with van der Waals surface area (Å²) in [7, 11) is 1.78. The van der Waals surface area contributed by atoms with Gasteiger partial charge in [-0.25, -0.2) is 4.98 Å². The summed E-state index contributed by atoms with van der Waals surface area (Å²) in [5, 5.41) is 9.33. The van der Waals surface area contributed by atoms with Gasteiger partial charge in [-0.15, -0.1) is 11.8 Å². The highest BCUT2D eigenvalue weighted by Crippen LogP contribution is 2.27. The van der Waals surface area contributed by atoms with Crippen molar-refractivity contribution in [3.8, 4) is 6.07 Å². The largest absolute Gasteiger partial charge is 0.337 e. The number of amides is 1. The van der Waals surface area contributed by atoms with E-state index in [0.29, 0.717) is 22.8 Å². The molecule has 0 unspecified atom stereocenters. The molecule has 1 amide bonds. The molecule has 0 aliphatic heterocycles. The normalized spacial score (nSPS) is 10.3. The molecular weight excluding hydrogens is 390 g/mol. The Balaban J connectivity index is 1.70. The number of nitriles is 1. The summed E-state index contributed by atoms with van der Waals surface area (Å²) in [4.78, 5) is 19.6. The quantitative estimate of drug-likeness (QED) is 0.417. The number of aromatic nitrogens is 1. The maximum Gasteiger partial charge on any atom is 0.255 e. The Morgan fingerprint density at radius 3 is 2.50 bits per heavy atom. The van der Waals surface area contributed by atoms with Gasteiger partial charge in [0.15, 0.2) is 0 Å². The number of halogens is 1. The molecule has 1 aromatic heterocycles. The zero-order valence-electron chi connectivity index (χ0n) is 15.3. The molecule has 0 aliphatic carbocycles. The van der Waals surface area contributed by atoms with Crippen molar-refractivity contribution in [1.82, 2.24) is 9.88 Å². The molecule has 28 heavy (non-hydrogen) atoms. The first-order valence-corrected chi connectivity index (χ1v) is 10.00. The molecule has 0 saturated heterocycles. The minimum Gasteiger partial charge on any atom is -0.337 e. The Labute approximate surface area is 173 Å². The Morgan fingerprint density at radius 1 is 1.11 bits per heavy atom. The summed E-state index contributed by atoms with van der Waals surface area (Å²) in [6, 6.07) is 20.8. The molecule has 0 atom stereocenters. The van der Waals surface area contributed by atoms with Gasteiger partial charge in [0.05, 0.1) is 17.2 Å². The fraction of sp³-hybridized carbons (Fsp3) is 0.136. The van der Waals surface area contributed by atoms with E-state index < -0.39 is 0 Å². The van der Waals surface area contributed by atoms with Gasteiger partial charge in [-0.1, -0.05) is 41.9 Å². The Kier molecular flexibility index (Phi) is 6.70. The highest BCUT2D eigenvalue weighted by molar-refractivity contribution is 7.98. The first-order chi connectivity index (χ1) is 13.6. The Bertz CT molecular complexity index is 998. The van der Waals surface area contributed by atoms with Crippen molar-refractivity contribution in [2.75, 3.05) is 7.05 Å². The molecule has 6 heteroatoms. The van der Waals surface area contributed by atoms with Crippen molar-refractivity contribution in [2.45, 2.75) is 17.2 Å². The molecule has 0 saturated carbocycles. The monoisotopic (exact) mass is 407 g/mol. The summed E-state index contributed by atoms with van der Waals surface area (Å²) >= 11 is 7.43. The summed E-state index contributed by atoms with van der Waals surface area (Å²) in [5.41, 5.74) is 3.34. The molecule has 1 heterocycles. The van der Waals surface area contributed by atoms with E-state index >= 15 is 0 Å². The van der Waals surface area contributed by atoms with Gasteiger partial charge in [0, 0.05) is 30.4 Å². The molecule has 3 rings (SSSR count). The van der Waals surface area contributed by atoms with Crippen LogP contribution in [0.2, 0.25) is 5.15 Å². The lowest BCUT2D eigenvalue weighted by atomic mass is 10.2. The van der Waals surface area contributed by atoms with Gasteiger partial charge in [0.25, 0.3) is 5.91 Å². The van der Waals surface area contributed by atoms with E-state index in [1.54, 1.807) is 48.1 Å². The van der Waals surface area contributed by atoms with E-state index in [1.807, 2.05) is 42.5 Å². The number of carbonyl (C=O) groups is 1. The minimum absolute atomic E-state index is 0.0436. The lowest BCUT2D eigenvalue weighted by Gasteiger charge is -2.19. The second-order valence-electron chi connectivity index (χ2n) is 6.24. The molecule has 0 bridgehead atoms. The van der Waals surface area contributed by atoms with Crippen LogP contribution in [0, 0.1) is 11.3 Å². The van der Waals surface area contributed by atoms with Crippen LogP contribution in [0.3, 0.4) is 0 Å². The third-order valence-electron chi connectivity index (χ3n) is 4.15. The predicted octanol–water partition coefficient (Wildman–Crippen LogP) is 5.17. The van der Waals surface area contributed by atoms with Crippen molar-refractivity contribution in [3.63, 3.8) is 0 Å². The molecule has 0 fully saturated rings. The van der Waals surface area contributed by atoms with E-state index in [2.05, 4.69) is 11.1 Å². The zero-order valence-corrected chi connectivity index (χ0v) is 16.9. The number of rotatable bonds is 6. The smallest absolute Gasteiger partial charge is 0.255 e. The zero-order chi connectivity index (χ0) is 19.9. The molecule has 4 nitrogen and oxygen atoms in total. The number of nitrogens with zero attached hydrogens (tertiary/aromatic N) is 3. The van der Waals surface area contributed by atoms with Crippen LogP contribution in [-0.2, 0) is 12.3 Å². The highest BCUT2D eigenvalue weighted by Gasteiger charge is 2.16. The van der Waals surface area contributed by atoms with Crippen molar-refractivity contribution >= 4 is 29.3 Å². The first kappa shape index (κ1) is 19.9. The Morgan fingerprint density at radius 2 is 1.82 bits per heavy atom. The van der Waals surface area contributed by atoms with Crippen LogP contribution in [0.5, 0.6) is 0 Å². The van der Waals surface area contributed by atoms with Crippen molar-refractivity contribution in [3.05, 3.63) is 94.3 Å². The summed E-state index contributed by atoms with van der Waals surface area (Å²) in [6.07, 6.45) is 1.68. The van der Waals surface area contributed by atoms with Gasteiger partial charge < -0.3 is 4.90 Å². The maximum atomic E-state index is 13.0. The van der Waals surface area contributed by atoms with Crippen LogP contribution >= 0.6 is 23.4 Å². The van der Waals surface area contributed by atoms with E-state index in [9.17, 15) is 4.79 Å². The molecule has 0 spiro atoms. The Hall–Kier alpha value is -2.81. The number of pyridine rings is 1. The van der Waals surface area contributed by atoms with E-state index in [4.69, 9.17) is 16.9 Å². The van der Waals surface area contributed by atoms with Gasteiger partial charge in [0.2, 0.25) is 0 Å². The third-order valence-corrected chi connectivity index (χ3v) is 5.52. The van der Waals surface area contributed by atoms with Crippen LogP contribution in [0.4, 0.5) is 0 Å². The van der Waals surface area contributed by atoms with E-state index in [-0.39, 0.29) is 5.91 Å². The van der Waals surface area contributed by atoms with Gasteiger partial charge in [-0.05, 0) is 41.5 Å². The SMILES string of the molecule is CN(Cc1ccc(Cl)nc1)C(=O)c1ccccc1SCc1ccc(C#N)cc1. The van der Waals surface area contributed by atoms with Crippen LogP contribution in [0.25, 0.3) is 0 Å². The van der Waals surface area contributed by atoms with Crippen molar-refractivity contribution in [1.29, 1.82) is 5.26 Å². The van der Waals surface area contributed by atoms with Gasteiger partial charge in [-0.3, -0.25) is 4.79 Å². The molecule has 0 radical (unpaired) electrons. The number of hydrogen-bond acceptors (Lipinski definition) is 4. The fourth-order valence-corrected chi connectivity index (χ4v) is 3.77. The number of carbonyl (C=O) groups excluding carboxylic acids is 1. The first-order valence-electron chi connectivity index (χ1n) is 8.63. The number of benzene rings is 2. The highest BCUT2D eigenvalue weighted by atomic mass is 35.5. The second kappa shape index (κ2) is 9.41. The molecule has 0 aliphatic rings. The van der Waals surface area contributed by atoms with E-state index in [1.165, 1.54) is 0 Å². The van der Waals surface area contributed by atoms with Crippen LogP contribution < -0.4 is 0 Å². The van der Waals surface area contributed by atoms with Gasteiger partial charge >= 0.3 is 0 Å². The predicted molar refractivity (Wildman–Crippen MR) is 112 cm³/mol. The van der Waals surface area contributed by atoms with E-state index in [0.717, 1.165) is 21.8 Å². The molecule has 140 valence electrons. The topological polar surface area (TPSA) is 57.0 Å². The lowest BCUT2D eigenvalue weighted by molar-refractivity contribution is 0.0781. The molecular formula is C22H18ClN3OS. The van der Waals surface area contributed by atoms with Crippen molar-refractivity contribution in [2.24, 2.45) is 0 Å². The fourth-order valence-electron chi connectivity index (χ4n) is 2.66. The average molecular weight is 408 g/mol. The molecule has 0 N–H and O–H groups in total. The summed E-state index contributed by atoms with van der Waals surface area (Å²) < 4.78 is 0. The van der Waals surface area contributed by atoms with Gasteiger partial charge in [0.1, 0.15) is 5.15 Å². The van der Waals surface area contributed by atoms with Crippen LogP contribution in [0.15, 0.2) is 71.8 Å². The van der Waals surface area contributed by atoms with Crippen LogP contribution in [0.1, 0.15) is 27.0 Å². The molecule has 3 aromatic rings. The average Bonchev–Trinajstić information content (AvgIpc) is 2.74. The summed E-state index contributed by atoms with van der Waals surface area (Å²) in [6.45, 7) is 0.456.